The van der Waals surface area contributed by atoms with Crippen molar-refractivity contribution < 1.29 is 23.7 Å². The molecule has 0 radical (unpaired) electrons. The van der Waals surface area contributed by atoms with Crippen LogP contribution in [0.5, 0.6) is 23.0 Å². The molecule has 0 spiro atoms. The molecule has 1 aliphatic rings. The number of thiazole rings is 1. The third-order valence-electron chi connectivity index (χ3n) is 4.84. The Morgan fingerprint density at radius 2 is 1.91 bits per heavy atom. The summed E-state index contributed by atoms with van der Waals surface area (Å²) in [6.07, 6.45) is 0. The molecule has 32 heavy (non-hydrogen) atoms. The van der Waals surface area contributed by atoms with Crippen molar-refractivity contribution in [3.63, 3.8) is 0 Å². The smallest absolute Gasteiger partial charge is 0.237 e. The van der Waals surface area contributed by atoms with E-state index in [4.69, 9.17) is 23.9 Å². The van der Waals surface area contributed by atoms with Gasteiger partial charge >= 0.3 is 0 Å². The second-order valence-electron chi connectivity index (χ2n) is 7.01. The van der Waals surface area contributed by atoms with Crippen LogP contribution < -0.4 is 24.3 Å². The van der Waals surface area contributed by atoms with Gasteiger partial charge in [0.25, 0.3) is 0 Å². The molecule has 1 aliphatic heterocycles. The van der Waals surface area contributed by atoms with Gasteiger partial charge in [-0.3, -0.25) is 4.79 Å². The van der Waals surface area contributed by atoms with Gasteiger partial charge in [0.2, 0.25) is 5.91 Å². The second kappa shape index (κ2) is 10.1. The molecule has 1 atom stereocenters. The van der Waals surface area contributed by atoms with Gasteiger partial charge in [0.1, 0.15) is 18.2 Å². The Hall–Kier alpha value is -2.91. The Bertz CT molecular complexity index is 1100. The van der Waals surface area contributed by atoms with Gasteiger partial charge in [-0.15, -0.1) is 23.1 Å². The van der Waals surface area contributed by atoms with E-state index in [-0.39, 0.29) is 11.2 Å². The quantitative estimate of drug-likeness (QED) is 0.502. The van der Waals surface area contributed by atoms with Crippen LogP contribution in [0.1, 0.15) is 12.6 Å². The van der Waals surface area contributed by atoms with Crippen molar-refractivity contribution in [1.82, 2.24) is 4.98 Å². The SMILES string of the molecule is COc1ccc(-c2nc(CSC(C)C(=O)Nc3ccc4c(c3)OCCO4)cs2)cc1OC. The summed E-state index contributed by atoms with van der Waals surface area (Å²) in [4.78, 5) is 17.3. The number of methoxy groups -OCH3 is 2. The van der Waals surface area contributed by atoms with Gasteiger partial charge in [0.15, 0.2) is 23.0 Å². The van der Waals surface area contributed by atoms with Crippen LogP contribution >= 0.6 is 23.1 Å². The first-order valence-electron chi connectivity index (χ1n) is 10.1. The number of ether oxygens (including phenoxy) is 4. The van der Waals surface area contributed by atoms with Crippen LogP contribution in [0, 0.1) is 0 Å². The lowest BCUT2D eigenvalue weighted by atomic mass is 10.2. The van der Waals surface area contributed by atoms with Gasteiger partial charge in [-0.2, -0.15) is 0 Å². The van der Waals surface area contributed by atoms with Crippen molar-refractivity contribution in [1.29, 1.82) is 0 Å². The fourth-order valence-electron chi connectivity index (χ4n) is 3.13. The highest BCUT2D eigenvalue weighted by Gasteiger charge is 2.17. The molecule has 3 aromatic rings. The first-order valence-corrected chi connectivity index (χ1v) is 12.0. The number of aromatic nitrogens is 1. The lowest BCUT2D eigenvalue weighted by Gasteiger charge is -2.19. The van der Waals surface area contributed by atoms with Crippen molar-refractivity contribution >= 4 is 34.7 Å². The minimum Gasteiger partial charge on any atom is -0.493 e. The maximum atomic E-state index is 12.6. The lowest BCUT2D eigenvalue weighted by Crippen LogP contribution is -2.23. The molecule has 1 aromatic heterocycles. The zero-order valence-electron chi connectivity index (χ0n) is 18.0. The first kappa shape index (κ1) is 22.3. The van der Waals surface area contributed by atoms with Gasteiger partial charge < -0.3 is 24.3 Å². The zero-order valence-corrected chi connectivity index (χ0v) is 19.7. The van der Waals surface area contributed by atoms with E-state index in [1.165, 1.54) is 11.8 Å². The zero-order chi connectivity index (χ0) is 22.5. The number of benzene rings is 2. The van der Waals surface area contributed by atoms with E-state index in [9.17, 15) is 4.79 Å². The summed E-state index contributed by atoms with van der Waals surface area (Å²) in [5, 5.41) is 5.62. The summed E-state index contributed by atoms with van der Waals surface area (Å²) in [6.45, 7) is 2.94. The molecule has 4 rings (SSSR count). The number of rotatable bonds is 8. The van der Waals surface area contributed by atoms with Crippen molar-refractivity contribution in [2.24, 2.45) is 0 Å². The number of nitrogens with one attached hydrogen (secondary N) is 1. The van der Waals surface area contributed by atoms with Crippen LogP contribution in [0.3, 0.4) is 0 Å². The average Bonchev–Trinajstić information content (AvgIpc) is 3.31. The maximum Gasteiger partial charge on any atom is 0.237 e. The van der Waals surface area contributed by atoms with Crippen LogP contribution in [0.4, 0.5) is 5.69 Å². The number of carbonyl (C=O) groups is 1. The summed E-state index contributed by atoms with van der Waals surface area (Å²) in [5.74, 6) is 3.27. The molecule has 0 aliphatic carbocycles. The molecule has 1 amide bonds. The molecule has 0 saturated carbocycles. The maximum absolute atomic E-state index is 12.6. The third-order valence-corrected chi connectivity index (χ3v) is 6.96. The van der Waals surface area contributed by atoms with Gasteiger partial charge in [0.05, 0.1) is 25.2 Å². The highest BCUT2D eigenvalue weighted by atomic mass is 32.2. The Balaban J connectivity index is 1.34. The molecule has 2 aromatic carbocycles. The van der Waals surface area contributed by atoms with Crippen LogP contribution in [0.2, 0.25) is 0 Å². The molecular weight excluding hydrogens is 448 g/mol. The number of carbonyl (C=O) groups excluding carboxylic acids is 1. The minimum atomic E-state index is -0.241. The molecule has 2 heterocycles. The van der Waals surface area contributed by atoms with Crippen molar-refractivity contribution in [2.75, 3.05) is 32.8 Å². The second-order valence-corrected chi connectivity index (χ2v) is 9.20. The normalized spacial score (nSPS) is 13.3. The number of hydrogen-bond donors (Lipinski definition) is 1. The van der Waals surface area contributed by atoms with Crippen LogP contribution in [-0.2, 0) is 10.5 Å². The van der Waals surface area contributed by atoms with Crippen molar-refractivity contribution in [3.05, 3.63) is 47.5 Å². The lowest BCUT2D eigenvalue weighted by molar-refractivity contribution is -0.115. The molecule has 168 valence electrons. The molecule has 0 bridgehead atoms. The van der Waals surface area contributed by atoms with Crippen LogP contribution in [0.15, 0.2) is 41.8 Å². The first-order chi connectivity index (χ1) is 15.6. The van der Waals surface area contributed by atoms with Gasteiger partial charge in [0, 0.05) is 28.5 Å². The summed E-state index contributed by atoms with van der Waals surface area (Å²) in [6, 6.07) is 11.2. The fraction of sp³-hybridized carbons (Fsp3) is 0.304. The van der Waals surface area contributed by atoms with Crippen LogP contribution in [0.25, 0.3) is 10.6 Å². The van der Waals surface area contributed by atoms with E-state index in [0.29, 0.717) is 47.7 Å². The monoisotopic (exact) mass is 472 g/mol. The number of anilines is 1. The minimum absolute atomic E-state index is 0.0676. The number of hydrogen-bond acceptors (Lipinski definition) is 8. The van der Waals surface area contributed by atoms with Crippen LogP contribution in [-0.4, -0.2) is 43.6 Å². The number of fused-ring (bicyclic) bond motifs is 1. The van der Waals surface area contributed by atoms with E-state index in [1.54, 1.807) is 31.6 Å². The summed E-state index contributed by atoms with van der Waals surface area (Å²) in [5.41, 5.74) is 2.59. The number of nitrogens with zero attached hydrogens (tertiary/aromatic N) is 1. The van der Waals surface area contributed by atoms with Gasteiger partial charge in [-0.05, 0) is 37.3 Å². The van der Waals surface area contributed by atoms with E-state index < -0.39 is 0 Å². The summed E-state index contributed by atoms with van der Waals surface area (Å²) in [7, 11) is 3.23. The van der Waals surface area contributed by atoms with Crippen molar-refractivity contribution in [3.8, 4) is 33.6 Å². The molecule has 7 nitrogen and oxygen atoms in total. The van der Waals surface area contributed by atoms with E-state index in [2.05, 4.69) is 5.32 Å². The number of thioether (sulfide) groups is 1. The average molecular weight is 473 g/mol. The Morgan fingerprint density at radius 1 is 1.12 bits per heavy atom. The van der Waals surface area contributed by atoms with E-state index in [1.807, 2.05) is 42.6 Å². The summed E-state index contributed by atoms with van der Waals surface area (Å²) < 4.78 is 21.8. The highest BCUT2D eigenvalue weighted by molar-refractivity contribution is 7.99. The molecule has 0 fully saturated rings. The summed E-state index contributed by atoms with van der Waals surface area (Å²) >= 11 is 3.10. The van der Waals surface area contributed by atoms with E-state index in [0.717, 1.165) is 16.3 Å². The predicted molar refractivity (Wildman–Crippen MR) is 127 cm³/mol. The Morgan fingerprint density at radius 3 is 2.69 bits per heavy atom. The molecular formula is C23H24N2O5S2. The molecule has 9 heteroatoms. The molecule has 1 unspecified atom stereocenters. The molecule has 0 saturated heterocycles. The fourth-order valence-corrected chi connectivity index (χ4v) is 4.83. The molecule has 1 N–H and O–H groups in total. The van der Waals surface area contributed by atoms with Gasteiger partial charge in [-0.25, -0.2) is 4.98 Å². The van der Waals surface area contributed by atoms with Crippen molar-refractivity contribution in [2.45, 2.75) is 17.9 Å². The standard InChI is InChI=1S/C23H24N2O5S2/c1-14(22(26)24-16-5-7-19-21(11-16)30-9-8-29-19)31-12-17-13-32-23(25-17)15-4-6-18(27-2)20(10-15)28-3/h4-7,10-11,13-14H,8-9,12H2,1-3H3,(H,24,26). The van der Waals surface area contributed by atoms with Gasteiger partial charge in [-0.1, -0.05) is 0 Å². The Kier molecular flexibility index (Phi) is 7.06. The highest BCUT2D eigenvalue weighted by Crippen LogP contribution is 2.35. The topological polar surface area (TPSA) is 78.9 Å². The number of amides is 1. The predicted octanol–water partition coefficient (Wildman–Crippen LogP) is 4.86. The van der Waals surface area contributed by atoms with E-state index >= 15 is 0 Å². The third kappa shape index (κ3) is 5.11. The Labute approximate surface area is 195 Å². The largest absolute Gasteiger partial charge is 0.493 e.